The molecule has 70 valence electrons. The van der Waals surface area contributed by atoms with Crippen molar-refractivity contribution in [3.63, 3.8) is 0 Å². The minimum absolute atomic E-state index is 0.283. The van der Waals surface area contributed by atoms with Crippen LogP contribution in [0.5, 0.6) is 0 Å². The van der Waals surface area contributed by atoms with Gasteiger partial charge in [-0.2, -0.15) is 0 Å². The maximum Gasteiger partial charge on any atom is 0.0831 e. The number of ether oxygens (including phenoxy) is 1. The topological polar surface area (TPSA) is 22.1 Å². The molecule has 1 aromatic rings. The van der Waals surface area contributed by atoms with Crippen LogP contribution in [0, 0.1) is 0 Å². The van der Waals surface area contributed by atoms with Crippen molar-refractivity contribution < 1.29 is 4.74 Å². The molecule has 2 nitrogen and oxygen atoms in total. The summed E-state index contributed by atoms with van der Waals surface area (Å²) < 4.78 is 5.82. The molecule has 2 rings (SSSR count). The Hall–Kier alpha value is -0.410. The fourth-order valence-electron chi connectivity index (χ4n) is 1.64. The number of nitrogens with zero attached hydrogens (tertiary/aromatic N) is 1. The second-order valence-corrected chi connectivity index (χ2v) is 3.91. The Morgan fingerprint density at radius 2 is 2.15 bits per heavy atom. The Labute approximate surface area is 86.5 Å². The van der Waals surface area contributed by atoms with Gasteiger partial charge in [-0.15, -0.1) is 0 Å². The second-order valence-electron chi connectivity index (χ2n) is 3.26. The van der Waals surface area contributed by atoms with Gasteiger partial charge in [0.1, 0.15) is 0 Å². The summed E-state index contributed by atoms with van der Waals surface area (Å²) in [4.78, 5) is 3.99. The van der Waals surface area contributed by atoms with Gasteiger partial charge in [0.25, 0.3) is 0 Å². The van der Waals surface area contributed by atoms with Crippen molar-refractivity contribution in [1.82, 2.24) is 4.98 Å². The molecule has 1 fully saturated rings. The highest BCUT2D eigenvalue weighted by atomic mass is 79.9. The van der Waals surface area contributed by atoms with E-state index in [0.717, 1.165) is 18.2 Å². The standard InChI is InChI=1S/C10H12BrNO/c11-7-9-1-2-10(13-9)8-3-5-12-6-4-8/h3-6,9-10H,1-2,7H2. The highest BCUT2D eigenvalue weighted by molar-refractivity contribution is 9.09. The fourth-order valence-corrected chi connectivity index (χ4v) is 2.12. The number of aromatic nitrogens is 1. The van der Waals surface area contributed by atoms with Gasteiger partial charge in [0.05, 0.1) is 12.2 Å². The summed E-state index contributed by atoms with van der Waals surface area (Å²) in [5.74, 6) is 0. The molecule has 3 heteroatoms. The lowest BCUT2D eigenvalue weighted by Gasteiger charge is -2.11. The maximum absolute atomic E-state index is 5.82. The van der Waals surface area contributed by atoms with Gasteiger partial charge in [-0.3, -0.25) is 4.98 Å². The van der Waals surface area contributed by atoms with Gasteiger partial charge >= 0.3 is 0 Å². The van der Waals surface area contributed by atoms with E-state index in [1.807, 2.05) is 24.5 Å². The van der Waals surface area contributed by atoms with E-state index in [4.69, 9.17) is 4.74 Å². The first-order valence-electron chi connectivity index (χ1n) is 4.51. The Bertz CT molecular complexity index is 265. The predicted molar refractivity (Wildman–Crippen MR) is 54.9 cm³/mol. The molecule has 0 aliphatic carbocycles. The van der Waals surface area contributed by atoms with Crippen LogP contribution in [-0.4, -0.2) is 16.4 Å². The third-order valence-electron chi connectivity index (χ3n) is 2.36. The summed E-state index contributed by atoms with van der Waals surface area (Å²) >= 11 is 3.44. The monoisotopic (exact) mass is 241 g/mol. The van der Waals surface area contributed by atoms with Crippen molar-refractivity contribution in [1.29, 1.82) is 0 Å². The maximum atomic E-state index is 5.82. The summed E-state index contributed by atoms with van der Waals surface area (Å²) in [5, 5.41) is 0.939. The third-order valence-corrected chi connectivity index (χ3v) is 3.08. The van der Waals surface area contributed by atoms with Gasteiger partial charge in [-0.05, 0) is 30.5 Å². The Balaban J connectivity index is 2.04. The van der Waals surface area contributed by atoms with Crippen molar-refractivity contribution in [3.05, 3.63) is 30.1 Å². The second kappa shape index (κ2) is 4.20. The average Bonchev–Trinajstić information content (AvgIpc) is 2.67. The van der Waals surface area contributed by atoms with Crippen LogP contribution in [0.15, 0.2) is 24.5 Å². The van der Waals surface area contributed by atoms with E-state index in [-0.39, 0.29) is 6.10 Å². The minimum Gasteiger partial charge on any atom is -0.369 e. The number of pyridine rings is 1. The highest BCUT2D eigenvalue weighted by Gasteiger charge is 2.25. The molecule has 13 heavy (non-hydrogen) atoms. The largest absolute Gasteiger partial charge is 0.369 e. The molecular formula is C10H12BrNO. The van der Waals surface area contributed by atoms with Crippen LogP contribution < -0.4 is 0 Å². The van der Waals surface area contributed by atoms with Crippen molar-refractivity contribution in [2.24, 2.45) is 0 Å². The fraction of sp³-hybridized carbons (Fsp3) is 0.500. The van der Waals surface area contributed by atoms with Crippen LogP contribution in [0.1, 0.15) is 24.5 Å². The van der Waals surface area contributed by atoms with Crippen molar-refractivity contribution in [2.75, 3.05) is 5.33 Å². The average molecular weight is 242 g/mol. The van der Waals surface area contributed by atoms with E-state index < -0.39 is 0 Å². The summed E-state index contributed by atoms with van der Waals surface area (Å²) in [6, 6.07) is 4.06. The molecule has 0 saturated carbocycles. The van der Waals surface area contributed by atoms with E-state index in [1.165, 1.54) is 5.56 Å². The molecule has 0 aromatic carbocycles. The molecule has 0 bridgehead atoms. The molecule has 1 aromatic heterocycles. The van der Waals surface area contributed by atoms with E-state index in [1.54, 1.807) is 0 Å². The number of hydrogen-bond acceptors (Lipinski definition) is 2. The van der Waals surface area contributed by atoms with Crippen molar-refractivity contribution in [2.45, 2.75) is 25.0 Å². The van der Waals surface area contributed by atoms with Gasteiger partial charge in [-0.1, -0.05) is 15.9 Å². The van der Waals surface area contributed by atoms with Crippen LogP contribution in [0.3, 0.4) is 0 Å². The first kappa shape index (κ1) is 9.16. The van der Waals surface area contributed by atoms with Gasteiger partial charge in [0.2, 0.25) is 0 Å². The summed E-state index contributed by atoms with van der Waals surface area (Å²) in [6.07, 6.45) is 6.59. The van der Waals surface area contributed by atoms with Crippen LogP contribution in [0.25, 0.3) is 0 Å². The Morgan fingerprint density at radius 1 is 1.38 bits per heavy atom. The zero-order valence-electron chi connectivity index (χ0n) is 7.32. The molecule has 0 N–H and O–H groups in total. The van der Waals surface area contributed by atoms with E-state index in [2.05, 4.69) is 20.9 Å². The van der Waals surface area contributed by atoms with Gasteiger partial charge in [0.15, 0.2) is 0 Å². The van der Waals surface area contributed by atoms with Gasteiger partial charge in [0, 0.05) is 17.7 Å². The number of rotatable bonds is 2. The summed E-state index contributed by atoms with van der Waals surface area (Å²) in [5.41, 5.74) is 1.25. The molecule has 1 aliphatic heterocycles. The van der Waals surface area contributed by atoms with E-state index in [9.17, 15) is 0 Å². The number of halogens is 1. The zero-order valence-corrected chi connectivity index (χ0v) is 8.90. The SMILES string of the molecule is BrCC1CCC(c2ccncc2)O1. The van der Waals surface area contributed by atoms with Gasteiger partial charge in [-0.25, -0.2) is 0 Å². The minimum atomic E-state index is 0.283. The van der Waals surface area contributed by atoms with Crippen LogP contribution >= 0.6 is 15.9 Å². The van der Waals surface area contributed by atoms with E-state index >= 15 is 0 Å². The number of alkyl halides is 1. The summed E-state index contributed by atoms with van der Waals surface area (Å²) in [7, 11) is 0. The third kappa shape index (κ3) is 2.09. The van der Waals surface area contributed by atoms with Crippen LogP contribution in [0.2, 0.25) is 0 Å². The molecular weight excluding hydrogens is 230 g/mol. The molecule has 1 saturated heterocycles. The molecule has 0 amide bonds. The zero-order chi connectivity index (χ0) is 9.10. The molecule has 0 radical (unpaired) electrons. The quantitative estimate of drug-likeness (QED) is 0.744. The molecule has 2 heterocycles. The van der Waals surface area contributed by atoms with Crippen LogP contribution in [0.4, 0.5) is 0 Å². The smallest absolute Gasteiger partial charge is 0.0831 e. The van der Waals surface area contributed by atoms with Crippen LogP contribution in [-0.2, 0) is 4.74 Å². The number of hydrogen-bond donors (Lipinski definition) is 0. The molecule has 2 unspecified atom stereocenters. The predicted octanol–water partition coefficient (Wildman–Crippen LogP) is 2.70. The first-order chi connectivity index (χ1) is 6.40. The van der Waals surface area contributed by atoms with Crippen molar-refractivity contribution in [3.8, 4) is 0 Å². The Morgan fingerprint density at radius 3 is 2.77 bits per heavy atom. The Kier molecular flexibility index (Phi) is 2.96. The molecule has 1 aliphatic rings. The lowest BCUT2D eigenvalue weighted by Crippen LogP contribution is -2.07. The summed E-state index contributed by atoms with van der Waals surface area (Å²) in [6.45, 7) is 0. The van der Waals surface area contributed by atoms with Crippen molar-refractivity contribution >= 4 is 15.9 Å². The lowest BCUT2D eigenvalue weighted by molar-refractivity contribution is 0.0588. The lowest BCUT2D eigenvalue weighted by atomic mass is 10.1. The molecule has 2 atom stereocenters. The highest BCUT2D eigenvalue weighted by Crippen LogP contribution is 2.32. The normalized spacial score (nSPS) is 27.8. The molecule has 0 spiro atoms. The van der Waals surface area contributed by atoms with Gasteiger partial charge < -0.3 is 4.74 Å². The van der Waals surface area contributed by atoms with E-state index in [0.29, 0.717) is 6.10 Å². The first-order valence-corrected chi connectivity index (χ1v) is 5.63.